The fraction of sp³-hybridized carbons (Fsp3) is 0.308. The third-order valence-electron chi connectivity index (χ3n) is 5.55. The first-order valence-electron chi connectivity index (χ1n) is 11.5. The molecule has 0 aliphatic rings. The molecule has 4 aromatic rings. The lowest BCUT2D eigenvalue weighted by molar-refractivity contribution is 0.0418. The molecule has 2 heterocycles. The molecule has 0 aliphatic heterocycles. The van der Waals surface area contributed by atoms with E-state index in [9.17, 15) is 0 Å². The highest BCUT2D eigenvalue weighted by molar-refractivity contribution is 7.71. The van der Waals surface area contributed by atoms with Crippen LogP contribution in [0.5, 0.6) is 0 Å². The van der Waals surface area contributed by atoms with Crippen LogP contribution in [0.4, 0.5) is 0 Å². The van der Waals surface area contributed by atoms with Crippen molar-refractivity contribution in [2.24, 2.45) is 0 Å². The van der Waals surface area contributed by atoms with Gasteiger partial charge in [0.1, 0.15) is 0 Å². The average Bonchev–Trinajstić information content (AvgIpc) is 3.39. The average molecular weight is 495 g/mol. The predicted octanol–water partition coefficient (Wildman–Crippen LogP) is 5.18. The molecule has 0 bridgehead atoms. The zero-order valence-electron chi connectivity index (χ0n) is 19.2. The smallest absolute Gasteiger partial charge is 0.180 e. The van der Waals surface area contributed by atoms with E-state index < -0.39 is 0 Å². The van der Waals surface area contributed by atoms with Crippen molar-refractivity contribution < 1.29 is 9.47 Å². The fourth-order valence-electron chi connectivity index (χ4n) is 3.70. The quantitative estimate of drug-likeness (QED) is 0.190. The van der Waals surface area contributed by atoms with E-state index in [4.69, 9.17) is 33.9 Å². The molecule has 2 aromatic heterocycles. The Bertz CT molecular complexity index is 1160. The molecule has 4 rings (SSSR count). The van der Waals surface area contributed by atoms with Gasteiger partial charge in [-0.25, -0.2) is 0 Å². The van der Waals surface area contributed by atoms with Crippen LogP contribution in [0.2, 0.25) is 0 Å². The second-order valence-corrected chi connectivity index (χ2v) is 8.73. The van der Waals surface area contributed by atoms with Crippen LogP contribution in [-0.4, -0.2) is 44.7 Å². The van der Waals surface area contributed by atoms with Crippen LogP contribution >= 0.6 is 24.4 Å². The van der Waals surface area contributed by atoms with Gasteiger partial charge in [0.05, 0.1) is 26.4 Å². The summed E-state index contributed by atoms with van der Waals surface area (Å²) in [6.45, 7) is 5.31. The Morgan fingerprint density at radius 2 is 0.882 bits per heavy atom. The molecule has 0 saturated carbocycles. The van der Waals surface area contributed by atoms with E-state index in [0.29, 0.717) is 26.4 Å². The van der Waals surface area contributed by atoms with E-state index in [-0.39, 0.29) is 0 Å². The van der Waals surface area contributed by atoms with E-state index in [1.165, 1.54) is 11.1 Å². The number of rotatable bonds is 13. The Labute approximate surface area is 210 Å². The molecule has 0 saturated heterocycles. The summed E-state index contributed by atoms with van der Waals surface area (Å²) in [6, 6.07) is 20.7. The van der Waals surface area contributed by atoms with Gasteiger partial charge < -0.3 is 27.7 Å². The van der Waals surface area contributed by atoms with Crippen molar-refractivity contribution in [3.05, 3.63) is 106 Å². The lowest BCUT2D eigenvalue weighted by atomic mass is 10.2. The second-order valence-electron chi connectivity index (χ2n) is 8.00. The standard InChI is InChI=1S/C26H30N4O2S2/c33-25-27(11-13-29(25)21-23-7-3-1-4-8-23)15-17-31-19-20-32-18-16-28-12-14-30(26(28)34)22-24-9-5-2-6-10-24/h1-14H,15-22H2. The van der Waals surface area contributed by atoms with Gasteiger partial charge in [-0.2, -0.15) is 0 Å². The van der Waals surface area contributed by atoms with Crippen molar-refractivity contribution in [3.63, 3.8) is 0 Å². The van der Waals surface area contributed by atoms with E-state index in [1.807, 2.05) is 70.3 Å². The number of benzene rings is 2. The van der Waals surface area contributed by atoms with Gasteiger partial charge in [0.15, 0.2) is 9.54 Å². The zero-order valence-corrected chi connectivity index (χ0v) is 20.8. The third kappa shape index (κ3) is 6.87. The Morgan fingerprint density at radius 3 is 1.29 bits per heavy atom. The minimum atomic E-state index is 0.554. The molecule has 0 radical (unpaired) electrons. The zero-order chi connectivity index (χ0) is 23.6. The maximum absolute atomic E-state index is 5.73. The van der Waals surface area contributed by atoms with Gasteiger partial charge in [0, 0.05) is 51.0 Å². The number of hydrogen-bond acceptors (Lipinski definition) is 4. The number of ether oxygens (including phenoxy) is 2. The molecule has 178 valence electrons. The summed E-state index contributed by atoms with van der Waals surface area (Å²) in [5.74, 6) is 0. The minimum Gasteiger partial charge on any atom is -0.377 e. The summed E-state index contributed by atoms with van der Waals surface area (Å²) in [7, 11) is 0. The lowest BCUT2D eigenvalue weighted by Gasteiger charge is -2.08. The molecule has 0 fully saturated rings. The summed E-state index contributed by atoms with van der Waals surface area (Å²) in [5, 5.41) is 0. The van der Waals surface area contributed by atoms with Gasteiger partial charge in [-0.1, -0.05) is 60.7 Å². The number of hydrogen-bond donors (Lipinski definition) is 0. The third-order valence-corrected chi connectivity index (χ3v) is 6.49. The van der Waals surface area contributed by atoms with Gasteiger partial charge in [-0.05, 0) is 35.6 Å². The topological polar surface area (TPSA) is 38.2 Å². The molecule has 0 atom stereocenters. The highest BCUT2D eigenvalue weighted by Gasteiger charge is 2.03. The van der Waals surface area contributed by atoms with Gasteiger partial charge in [0.25, 0.3) is 0 Å². The van der Waals surface area contributed by atoms with Crippen molar-refractivity contribution >= 4 is 24.4 Å². The summed E-state index contributed by atoms with van der Waals surface area (Å²) in [5.41, 5.74) is 2.47. The van der Waals surface area contributed by atoms with Gasteiger partial charge in [-0.15, -0.1) is 0 Å². The van der Waals surface area contributed by atoms with Crippen LogP contribution in [0.1, 0.15) is 11.1 Å². The summed E-state index contributed by atoms with van der Waals surface area (Å²) < 4.78 is 21.3. The first kappa shape index (κ1) is 24.3. The normalized spacial score (nSPS) is 11.2. The van der Waals surface area contributed by atoms with Gasteiger partial charge >= 0.3 is 0 Å². The van der Waals surface area contributed by atoms with E-state index in [1.54, 1.807) is 0 Å². The van der Waals surface area contributed by atoms with E-state index in [2.05, 4.69) is 33.4 Å². The summed E-state index contributed by atoms with van der Waals surface area (Å²) >= 11 is 11.2. The van der Waals surface area contributed by atoms with Crippen molar-refractivity contribution in [3.8, 4) is 0 Å². The Kier molecular flexibility index (Phi) is 9.04. The second kappa shape index (κ2) is 12.6. The summed E-state index contributed by atoms with van der Waals surface area (Å²) in [6.07, 6.45) is 8.07. The largest absolute Gasteiger partial charge is 0.377 e. The fourth-order valence-corrected chi connectivity index (χ4v) is 4.25. The molecule has 0 spiro atoms. The van der Waals surface area contributed by atoms with Crippen molar-refractivity contribution in [1.82, 2.24) is 18.3 Å². The van der Waals surface area contributed by atoms with Crippen molar-refractivity contribution in [1.29, 1.82) is 0 Å². The van der Waals surface area contributed by atoms with Crippen LogP contribution in [-0.2, 0) is 35.7 Å². The first-order chi connectivity index (χ1) is 16.7. The maximum Gasteiger partial charge on any atom is 0.180 e. The predicted molar refractivity (Wildman–Crippen MR) is 139 cm³/mol. The molecular formula is C26H30N4O2S2. The van der Waals surface area contributed by atoms with Crippen LogP contribution in [0, 0.1) is 9.54 Å². The molecule has 6 nitrogen and oxygen atoms in total. The van der Waals surface area contributed by atoms with Crippen molar-refractivity contribution in [2.45, 2.75) is 26.2 Å². The van der Waals surface area contributed by atoms with Crippen LogP contribution in [0.25, 0.3) is 0 Å². The maximum atomic E-state index is 5.73. The molecule has 0 N–H and O–H groups in total. The molecular weight excluding hydrogens is 464 g/mol. The number of nitrogens with zero attached hydrogens (tertiary/aromatic N) is 4. The van der Waals surface area contributed by atoms with Crippen LogP contribution in [0.15, 0.2) is 85.5 Å². The SMILES string of the molecule is S=c1n(CCOCCOCCn2ccn(Cc3ccccc3)c2=S)ccn1Cc1ccccc1. The van der Waals surface area contributed by atoms with E-state index in [0.717, 1.165) is 35.7 Å². The molecule has 8 heteroatoms. The Hall–Kier alpha value is -2.78. The lowest BCUT2D eigenvalue weighted by Crippen LogP contribution is -2.13. The first-order valence-corrected chi connectivity index (χ1v) is 12.3. The van der Waals surface area contributed by atoms with Crippen LogP contribution < -0.4 is 0 Å². The molecule has 2 aromatic carbocycles. The summed E-state index contributed by atoms with van der Waals surface area (Å²) in [4.78, 5) is 0. The molecule has 0 aliphatic carbocycles. The Balaban J connectivity index is 1.11. The number of imidazole rings is 2. The number of aromatic nitrogens is 4. The molecule has 0 amide bonds. The molecule has 0 unspecified atom stereocenters. The molecule has 34 heavy (non-hydrogen) atoms. The van der Waals surface area contributed by atoms with Gasteiger partial charge in [-0.3, -0.25) is 0 Å². The highest BCUT2D eigenvalue weighted by atomic mass is 32.1. The van der Waals surface area contributed by atoms with Crippen molar-refractivity contribution in [2.75, 3.05) is 26.4 Å². The monoisotopic (exact) mass is 494 g/mol. The van der Waals surface area contributed by atoms with E-state index >= 15 is 0 Å². The van der Waals surface area contributed by atoms with Gasteiger partial charge in [0.2, 0.25) is 0 Å². The highest BCUT2D eigenvalue weighted by Crippen LogP contribution is 2.06. The Morgan fingerprint density at radius 1 is 0.500 bits per heavy atom. The minimum absolute atomic E-state index is 0.554. The van der Waals surface area contributed by atoms with Crippen LogP contribution in [0.3, 0.4) is 0 Å².